The minimum Gasteiger partial charge on any atom is -0.256 e. The zero-order valence-electron chi connectivity index (χ0n) is 10.3. The second kappa shape index (κ2) is 5.02. The van der Waals surface area contributed by atoms with Gasteiger partial charge in [-0.25, -0.2) is 4.39 Å². The lowest BCUT2D eigenvalue weighted by Gasteiger charge is -1.99. The fourth-order valence-corrected chi connectivity index (χ4v) is 1.99. The highest BCUT2D eigenvalue weighted by atomic mass is 19.1. The molecule has 0 aromatic heterocycles. The number of nitrogens with zero attached hydrogens (tertiary/aromatic N) is 1. The van der Waals surface area contributed by atoms with Crippen LogP contribution in [0.15, 0.2) is 71.7 Å². The second-order valence-corrected chi connectivity index (χ2v) is 4.34. The largest absolute Gasteiger partial charge is 0.256 e. The molecule has 0 amide bonds. The summed E-state index contributed by atoms with van der Waals surface area (Å²) in [5.41, 5.74) is 1.62. The van der Waals surface area contributed by atoms with Gasteiger partial charge in [0.15, 0.2) is 0 Å². The first-order valence-corrected chi connectivity index (χ1v) is 6.10. The SMILES string of the molecule is Fc1cccc(C=Nc2ccc3ccccc3c2)c1. The van der Waals surface area contributed by atoms with E-state index in [0.717, 1.165) is 16.6 Å². The molecule has 0 N–H and O–H groups in total. The quantitative estimate of drug-likeness (QED) is 0.582. The lowest BCUT2D eigenvalue weighted by atomic mass is 10.1. The Morgan fingerprint density at radius 1 is 0.789 bits per heavy atom. The molecule has 3 aromatic carbocycles. The van der Waals surface area contributed by atoms with E-state index in [0.29, 0.717) is 0 Å². The zero-order valence-corrected chi connectivity index (χ0v) is 10.3. The van der Waals surface area contributed by atoms with E-state index in [9.17, 15) is 4.39 Å². The van der Waals surface area contributed by atoms with Gasteiger partial charge in [0.2, 0.25) is 0 Å². The van der Waals surface area contributed by atoms with E-state index in [1.54, 1.807) is 12.3 Å². The maximum atomic E-state index is 13.0. The Balaban J connectivity index is 1.92. The highest BCUT2D eigenvalue weighted by Gasteiger charge is 1.95. The van der Waals surface area contributed by atoms with Gasteiger partial charge in [-0.15, -0.1) is 0 Å². The predicted octanol–water partition coefficient (Wildman–Crippen LogP) is 4.73. The van der Waals surface area contributed by atoms with Crippen molar-refractivity contribution in [3.63, 3.8) is 0 Å². The molecule has 1 nitrogen and oxygen atoms in total. The molecule has 0 aliphatic carbocycles. The Kier molecular flexibility index (Phi) is 3.07. The van der Waals surface area contributed by atoms with Crippen molar-refractivity contribution in [2.75, 3.05) is 0 Å². The lowest BCUT2D eigenvalue weighted by Crippen LogP contribution is -1.82. The van der Waals surface area contributed by atoms with E-state index in [-0.39, 0.29) is 5.82 Å². The van der Waals surface area contributed by atoms with Crippen LogP contribution in [-0.4, -0.2) is 6.21 Å². The van der Waals surface area contributed by atoms with Crippen molar-refractivity contribution in [2.24, 2.45) is 4.99 Å². The van der Waals surface area contributed by atoms with Crippen molar-refractivity contribution in [3.05, 3.63) is 78.1 Å². The molecule has 3 rings (SSSR count). The Bertz CT molecular complexity index is 747. The van der Waals surface area contributed by atoms with Crippen LogP contribution >= 0.6 is 0 Å². The van der Waals surface area contributed by atoms with Crippen LogP contribution in [0.4, 0.5) is 10.1 Å². The van der Waals surface area contributed by atoms with Crippen molar-refractivity contribution in [3.8, 4) is 0 Å². The van der Waals surface area contributed by atoms with Crippen LogP contribution in [0.3, 0.4) is 0 Å². The van der Waals surface area contributed by atoms with Crippen molar-refractivity contribution >= 4 is 22.7 Å². The third kappa shape index (κ3) is 2.68. The monoisotopic (exact) mass is 249 g/mol. The first-order chi connectivity index (χ1) is 9.31. The van der Waals surface area contributed by atoms with Gasteiger partial charge in [-0.3, -0.25) is 4.99 Å². The van der Waals surface area contributed by atoms with Crippen LogP contribution in [0.1, 0.15) is 5.56 Å². The summed E-state index contributed by atoms with van der Waals surface area (Å²) < 4.78 is 13.0. The van der Waals surface area contributed by atoms with Gasteiger partial charge < -0.3 is 0 Å². The maximum absolute atomic E-state index is 13.0. The summed E-state index contributed by atoms with van der Waals surface area (Å²) in [6, 6.07) is 20.5. The summed E-state index contributed by atoms with van der Waals surface area (Å²) in [4.78, 5) is 4.38. The van der Waals surface area contributed by atoms with Crippen LogP contribution in [-0.2, 0) is 0 Å². The summed E-state index contributed by atoms with van der Waals surface area (Å²) in [6.45, 7) is 0. The summed E-state index contributed by atoms with van der Waals surface area (Å²) in [7, 11) is 0. The van der Waals surface area contributed by atoms with Crippen LogP contribution in [0.2, 0.25) is 0 Å². The van der Waals surface area contributed by atoms with Crippen molar-refractivity contribution in [2.45, 2.75) is 0 Å². The Hall–Kier alpha value is -2.48. The van der Waals surface area contributed by atoms with Crippen LogP contribution < -0.4 is 0 Å². The van der Waals surface area contributed by atoms with Crippen molar-refractivity contribution in [1.29, 1.82) is 0 Å². The molecule has 0 fully saturated rings. The smallest absolute Gasteiger partial charge is 0.123 e. The molecule has 0 unspecified atom stereocenters. The van der Waals surface area contributed by atoms with E-state index in [4.69, 9.17) is 0 Å². The molecule has 0 saturated heterocycles. The number of fused-ring (bicyclic) bond motifs is 1. The van der Waals surface area contributed by atoms with Gasteiger partial charge in [-0.2, -0.15) is 0 Å². The van der Waals surface area contributed by atoms with Crippen molar-refractivity contribution in [1.82, 2.24) is 0 Å². The average Bonchev–Trinajstić information content (AvgIpc) is 2.45. The minimum absolute atomic E-state index is 0.248. The van der Waals surface area contributed by atoms with Gasteiger partial charge in [-0.05, 0) is 40.6 Å². The molecular weight excluding hydrogens is 237 g/mol. The highest BCUT2D eigenvalue weighted by molar-refractivity contribution is 5.87. The summed E-state index contributed by atoms with van der Waals surface area (Å²) in [6.07, 6.45) is 1.67. The number of halogens is 1. The van der Waals surface area contributed by atoms with E-state index >= 15 is 0 Å². The topological polar surface area (TPSA) is 12.4 Å². The molecule has 0 atom stereocenters. The molecular formula is C17H12FN. The van der Waals surface area contributed by atoms with Crippen LogP contribution in [0.25, 0.3) is 10.8 Å². The van der Waals surface area contributed by atoms with Gasteiger partial charge in [0.25, 0.3) is 0 Å². The molecule has 92 valence electrons. The highest BCUT2D eigenvalue weighted by Crippen LogP contribution is 2.20. The number of hydrogen-bond donors (Lipinski definition) is 0. The fraction of sp³-hybridized carbons (Fsp3) is 0. The van der Waals surface area contributed by atoms with Gasteiger partial charge in [0, 0.05) is 6.21 Å². The predicted molar refractivity (Wildman–Crippen MR) is 77.6 cm³/mol. The maximum Gasteiger partial charge on any atom is 0.123 e. The molecule has 0 spiro atoms. The van der Waals surface area contributed by atoms with Gasteiger partial charge >= 0.3 is 0 Å². The standard InChI is InChI=1S/C17H12FN/c18-16-7-3-4-13(10-16)12-19-17-9-8-14-5-1-2-6-15(14)11-17/h1-12H. The van der Waals surface area contributed by atoms with E-state index in [2.05, 4.69) is 17.1 Å². The number of hydrogen-bond acceptors (Lipinski definition) is 1. The molecule has 2 heteroatoms. The van der Waals surface area contributed by atoms with Gasteiger partial charge in [-0.1, -0.05) is 42.5 Å². The van der Waals surface area contributed by atoms with Crippen LogP contribution in [0, 0.1) is 5.82 Å². The van der Waals surface area contributed by atoms with E-state index in [1.807, 2.05) is 36.4 Å². The first kappa shape index (κ1) is 11.6. The van der Waals surface area contributed by atoms with Crippen molar-refractivity contribution < 1.29 is 4.39 Å². The third-order valence-corrected chi connectivity index (χ3v) is 2.94. The molecule has 3 aromatic rings. The Morgan fingerprint density at radius 3 is 2.47 bits per heavy atom. The Labute approximate surface area is 111 Å². The van der Waals surface area contributed by atoms with E-state index < -0.39 is 0 Å². The third-order valence-electron chi connectivity index (χ3n) is 2.94. The first-order valence-electron chi connectivity index (χ1n) is 6.10. The lowest BCUT2D eigenvalue weighted by molar-refractivity contribution is 0.627. The fourth-order valence-electron chi connectivity index (χ4n) is 1.99. The second-order valence-electron chi connectivity index (χ2n) is 4.34. The molecule has 19 heavy (non-hydrogen) atoms. The number of rotatable bonds is 2. The molecule has 0 saturated carbocycles. The van der Waals surface area contributed by atoms with E-state index in [1.165, 1.54) is 17.5 Å². The molecule has 0 heterocycles. The molecule has 0 bridgehead atoms. The number of aliphatic imine (C=N–C) groups is 1. The van der Waals surface area contributed by atoms with Gasteiger partial charge in [0.1, 0.15) is 5.82 Å². The van der Waals surface area contributed by atoms with Crippen LogP contribution in [0.5, 0.6) is 0 Å². The summed E-state index contributed by atoms with van der Waals surface area (Å²) in [5, 5.41) is 2.34. The van der Waals surface area contributed by atoms with Gasteiger partial charge in [0.05, 0.1) is 5.69 Å². The summed E-state index contributed by atoms with van der Waals surface area (Å²) >= 11 is 0. The number of benzene rings is 3. The zero-order chi connectivity index (χ0) is 13.1. The normalized spacial score (nSPS) is 11.2. The summed E-state index contributed by atoms with van der Waals surface area (Å²) in [5.74, 6) is -0.248. The average molecular weight is 249 g/mol. The Morgan fingerprint density at radius 2 is 1.63 bits per heavy atom. The molecule has 0 radical (unpaired) electrons. The minimum atomic E-state index is -0.248. The molecule has 0 aliphatic heterocycles. The molecule has 0 aliphatic rings.